The molecule has 2 N–H and O–H groups in total. The summed E-state index contributed by atoms with van der Waals surface area (Å²) in [4.78, 5) is 12.8. The highest BCUT2D eigenvalue weighted by Gasteiger charge is 2.24. The van der Waals surface area contributed by atoms with Crippen LogP contribution in [-0.2, 0) is 6.54 Å². The first-order valence-electron chi connectivity index (χ1n) is 6.80. The summed E-state index contributed by atoms with van der Waals surface area (Å²) in [6.45, 7) is 4.62. The van der Waals surface area contributed by atoms with Crippen molar-refractivity contribution in [3.63, 3.8) is 0 Å². The molecule has 6 heteroatoms. The number of nitro groups is 1. The topological polar surface area (TPSA) is 81.6 Å². The fourth-order valence-corrected chi connectivity index (χ4v) is 2.64. The number of piperidine rings is 1. The minimum Gasteiger partial charge on any atom is -0.496 e. The van der Waals surface area contributed by atoms with Crippen LogP contribution in [-0.4, -0.2) is 36.1 Å². The van der Waals surface area contributed by atoms with E-state index in [4.69, 9.17) is 10.5 Å². The van der Waals surface area contributed by atoms with E-state index < -0.39 is 0 Å². The number of ether oxygens (including phenoxy) is 1. The summed E-state index contributed by atoms with van der Waals surface area (Å²) in [5.41, 5.74) is 6.96. The van der Waals surface area contributed by atoms with Crippen molar-refractivity contribution in [3.8, 4) is 5.75 Å². The molecule has 6 nitrogen and oxygen atoms in total. The van der Waals surface area contributed by atoms with Crippen LogP contribution in [0.5, 0.6) is 5.75 Å². The first kappa shape index (κ1) is 14.7. The van der Waals surface area contributed by atoms with Gasteiger partial charge in [0, 0.05) is 36.8 Å². The molecule has 0 aliphatic carbocycles. The van der Waals surface area contributed by atoms with Crippen LogP contribution in [0.15, 0.2) is 18.2 Å². The van der Waals surface area contributed by atoms with Crippen molar-refractivity contribution in [2.45, 2.75) is 25.9 Å². The average Bonchev–Trinajstić information content (AvgIpc) is 2.42. The maximum Gasteiger partial charge on any atom is 0.270 e. The standard InChI is InChI=1S/C14H21N3O3/c1-10-8-16(6-5-13(10)15)9-11-7-12(17(18)19)3-4-14(11)20-2/h3-4,7,10,13H,5-6,8-9,15H2,1-2H3. The Morgan fingerprint density at radius 2 is 2.30 bits per heavy atom. The Morgan fingerprint density at radius 3 is 2.90 bits per heavy atom. The van der Waals surface area contributed by atoms with Gasteiger partial charge in [0.2, 0.25) is 0 Å². The quantitative estimate of drug-likeness (QED) is 0.671. The van der Waals surface area contributed by atoms with Gasteiger partial charge in [-0.2, -0.15) is 0 Å². The van der Waals surface area contributed by atoms with Crippen LogP contribution in [0.3, 0.4) is 0 Å². The van der Waals surface area contributed by atoms with E-state index in [9.17, 15) is 10.1 Å². The summed E-state index contributed by atoms with van der Waals surface area (Å²) >= 11 is 0. The molecule has 0 radical (unpaired) electrons. The third kappa shape index (κ3) is 3.26. The molecule has 0 bridgehead atoms. The Bertz CT molecular complexity index is 493. The zero-order valence-electron chi connectivity index (χ0n) is 11.9. The van der Waals surface area contributed by atoms with E-state index in [2.05, 4.69) is 11.8 Å². The van der Waals surface area contributed by atoms with Gasteiger partial charge in [0.15, 0.2) is 0 Å². The van der Waals surface area contributed by atoms with Crippen molar-refractivity contribution in [3.05, 3.63) is 33.9 Å². The van der Waals surface area contributed by atoms with Crippen LogP contribution >= 0.6 is 0 Å². The molecule has 0 saturated carbocycles. The van der Waals surface area contributed by atoms with E-state index in [0.29, 0.717) is 18.2 Å². The molecule has 1 aromatic rings. The predicted molar refractivity (Wildman–Crippen MR) is 76.7 cm³/mol. The zero-order chi connectivity index (χ0) is 14.7. The third-order valence-electron chi connectivity index (χ3n) is 3.92. The predicted octanol–water partition coefficient (Wildman–Crippen LogP) is 1.77. The highest BCUT2D eigenvalue weighted by molar-refractivity contribution is 5.43. The molecular formula is C14H21N3O3. The summed E-state index contributed by atoms with van der Waals surface area (Å²) in [7, 11) is 1.58. The molecular weight excluding hydrogens is 258 g/mol. The van der Waals surface area contributed by atoms with Crippen molar-refractivity contribution in [2.75, 3.05) is 20.2 Å². The van der Waals surface area contributed by atoms with E-state index >= 15 is 0 Å². The van der Waals surface area contributed by atoms with Gasteiger partial charge in [-0.1, -0.05) is 6.92 Å². The first-order chi connectivity index (χ1) is 9.51. The van der Waals surface area contributed by atoms with Crippen molar-refractivity contribution < 1.29 is 9.66 Å². The maximum atomic E-state index is 10.9. The number of nitrogens with zero attached hydrogens (tertiary/aromatic N) is 2. The van der Waals surface area contributed by atoms with E-state index in [-0.39, 0.29) is 16.7 Å². The number of hydrogen-bond donors (Lipinski definition) is 1. The number of hydrogen-bond acceptors (Lipinski definition) is 5. The molecule has 110 valence electrons. The van der Waals surface area contributed by atoms with Gasteiger partial charge >= 0.3 is 0 Å². The van der Waals surface area contributed by atoms with Gasteiger partial charge in [-0.15, -0.1) is 0 Å². The molecule has 1 fully saturated rings. The Hall–Kier alpha value is -1.66. The Kier molecular flexibility index (Phi) is 4.57. The lowest BCUT2D eigenvalue weighted by Crippen LogP contribution is -2.45. The molecule has 2 unspecified atom stereocenters. The number of likely N-dealkylation sites (tertiary alicyclic amines) is 1. The van der Waals surface area contributed by atoms with Gasteiger partial charge < -0.3 is 10.5 Å². The lowest BCUT2D eigenvalue weighted by molar-refractivity contribution is -0.385. The largest absolute Gasteiger partial charge is 0.496 e. The molecule has 0 spiro atoms. The summed E-state index contributed by atoms with van der Waals surface area (Å²) in [6.07, 6.45) is 0.957. The normalized spacial score (nSPS) is 23.6. The van der Waals surface area contributed by atoms with Crippen LogP contribution in [0, 0.1) is 16.0 Å². The summed E-state index contributed by atoms with van der Waals surface area (Å²) < 4.78 is 5.30. The molecule has 20 heavy (non-hydrogen) atoms. The van der Waals surface area contributed by atoms with E-state index in [1.165, 1.54) is 6.07 Å². The number of nitro benzene ring substituents is 1. The molecule has 2 atom stereocenters. The number of nitrogens with two attached hydrogens (primary N) is 1. The Labute approximate surface area is 118 Å². The van der Waals surface area contributed by atoms with Crippen LogP contribution in [0.25, 0.3) is 0 Å². The lowest BCUT2D eigenvalue weighted by Gasteiger charge is -2.35. The van der Waals surface area contributed by atoms with Gasteiger partial charge in [0.05, 0.1) is 12.0 Å². The fraction of sp³-hybridized carbons (Fsp3) is 0.571. The van der Waals surface area contributed by atoms with Crippen LogP contribution in [0.1, 0.15) is 18.9 Å². The van der Waals surface area contributed by atoms with Crippen molar-refractivity contribution in [1.82, 2.24) is 4.90 Å². The fourth-order valence-electron chi connectivity index (χ4n) is 2.64. The number of benzene rings is 1. The molecule has 1 heterocycles. The average molecular weight is 279 g/mol. The highest BCUT2D eigenvalue weighted by Crippen LogP contribution is 2.27. The monoisotopic (exact) mass is 279 g/mol. The van der Waals surface area contributed by atoms with Crippen molar-refractivity contribution in [2.24, 2.45) is 11.7 Å². The van der Waals surface area contributed by atoms with Gasteiger partial charge in [-0.05, 0) is 24.9 Å². The molecule has 2 rings (SSSR count). The van der Waals surface area contributed by atoms with Gasteiger partial charge in [0.25, 0.3) is 5.69 Å². The number of rotatable bonds is 4. The second kappa shape index (κ2) is 6.19. The SMILES string of the molecule is COc1ccc([N+](=O)[O-])cc1CN1CCC(N)C(C)C1. The minimum absolute atomic E-state index is 0.0996. The van der Waals surface area contributed by atoms with Gasteiger partial charge in [-0.25, -0.2) is 0 Å². The molecule has 1 aliphatic rings. The van der Waals surface area contributed by atoms with Crippen LogP contribution in [0.4, 0.5) is 5.69 Å². The second-order valence-corrected chi connectivity index (χ2v) is 5.42. The number of non-ortho nitro benzene ring substituents is 1. The number of methoxy groups -OCH3 is 1. The van der Waals surface area contributed by atoms with Gasteiger partial charge in [0.1, 0.15) is 5.75 Å². The maximum absolute atomic E-state index is 10.9. The Balaban J connectivity index is 2.15. The zero-order valence-corrected chi connectivity index (χ0v) is 11.9. The molecule has 0 aromatic heterocycles. The molecule has 1 saturated heterocycles. The lowest BCUT2D eigenvalue weighted by atomic mass is 9.94. The second-order valence-electron chi connectivity index (χ2n) is 5.42. The molecule has 1 aromatic carbocycles. The third-order valence-corrected chi connectivity index (χ3v) is 3.92. The summed E-state index contributed by atoms with van der Waals surface area (Å²) in [5.74, 6) is 1.13. The minimum atomic E-state index is -0.377. The Morgan fingerprint density at radius 1 is 1.55 bits per heavy atom. The molecule has 0 amide bonds. The van der Waals surface area contributed by atoms with Crippen LogP contribution in [0.2, 0.25) is 0 Å². The summed E-state index contributed by atoms with van der Waals surface area (Å²) in [6, 6.07) is 4.97. The smallest absolute Gasteiger partial charge is 0.270 e. The van der Waals surface area contributed by atoms with E-state index in [1.54, 1.807) is 19.2 Å². The highest BCUT2D eigenvalue weighted by atomic mass is 16.6. The molecule has 1 aliphatic heterocycles. The first-order valence-corrected chi connectivity index (χ1v) is 6.80. The van der Waals surface area contributed by atoms with E-state index in [0.717, 1.165) is 25.1 Å². The summed E-state index contributed by atoms with van der Waals surface area (Å²) in [5, 5.41) is 10.9. The van der Waals surface area contributed by atoms with Gasteiger partial charge in [-0.3, -0.25) is 15.0 Å². The van der Waals surface area contributed by atoms with Crippen LogP contribution < -0.4 is 10.5 Å². The van der Waals surface area contributed by atoms with E-state index in [1.807, 2.05) is 0 Å². The van der Waals surface area contributed by atoms with Crippen molar-refractivity contribution >= 4 is 5.69 Å². The van der Waals surface area contributed by atoms with Crippen molar-refractivity contribution in [1.29, 1.82) is 0 Å².